The summed E-state index contributed by atoms with van der Waals surface area (Å²) in [5.74, 6) is 0.0744. The summed E-state index contributed by atoms with van der Waals surface area (Å²) in [4.78, 5) is 0.761. The topological polar surface area (TPSA) is 341 Å². The van der Waals surface area contributed by atoms with Crippen LogP contribution in [-0.2, 0) is 75.4 Å². The van der Waals surface area contributed by atoms with E-state index in [1.165, 1.54) is 48.5 Å². The summed E-state index contributed by atoms with van der Waals surface area (Å²) in [6, 6.07) is 35.9. The fourth-order valence-corrected chi connectivity index (χ4v) is 16.4. The van der Waals surface area contributed by atoms with E-state index in [2.05, 4.69) is 10.6 Å². The second kappa shape index (κ2) is 44.1. The number of aliphatic hydroxyl groups excluding tert-OH is 4. The summed E-state index contributed by atoms with van der Waals surface area (Å²) in [5.41, 5.74) is 5.17. The number of ether oxygens (including phenoxy) is 2. The minimum atomic E-state index is -4.08. The molecule has 2 saturated carbocycles. The maximum Gasteiger partial charge on any atom is 0.294 e. The molecule has 25 heteroatoms. The molecule has 8 rings (SSSR count). The van der Waals surface area contributed by atoms with Gasteiger partial charge in [0.15, 0.2) is 19.7 Å². The Balaban J connectivity index is 0.000000270. The second-order valence-corrected chi connectivity index (χ2v) is 32.7. The van der Waals surface area contributed by atoms with Crippen LogP contribution in [0.1, 0.15) is 180 Å². The van der Waals surface area contributed by atoms with Gasteiger partial charge < -0.3 is 50.7 Å². The molecule has 0 heterocycles. The van der Waals surface area contributed by atoms with Gasteiger partial charge in [-0.2, -0.15) is 16.8 Å². The molecular formula is C73H103ClN2O18S4. The summed E-state index contributed by atoms with van der Waals surface area (Å²) in [5, 5.41) is 64.8. The Morgan fingerprint density at radius 2 is 0.827 bits per heavy atom. The molecule has 2 aliphatic rings. The highest BCUT2D eigenvalue weighted by atomic mass is 35.5. The quantitative estimate of drug-likeness (QED) is 0.0127. The predicted molar refractivity (Wildman–Crippen MR) is 382 cm³/mol. The molecule has 2 atom stereocenters. The van der Waals surface area contributed by atoms with Gasteiger partial charge in [-0.25, -0.2) is 16.8 Å². The van der Waals surface area contributed by atoms with Crippen molar-refractivity contribution in [2.45, 2.75) is 204 Å². The lowest BCUT2D eigenvalue weighted by atomic mass is 10.1. The van der Waals surface area contributed by atoms with E-state index in [1.54, 1.807) is 55.5 Å². The van der Waals surface area contributed by atoms with Crippen LogP contribution in [0, 0.1) is 6.92 Å². The Bertz CT molecular complexity index is 3590. The summed E-state index contributed by atoms with van der Waals surface area (Å²) in [7, 11) is -14.5. The van der Waals surface area contributed by atoms with Gasteiger partial charge in [0.05, 0.1) is 55.5 Å². The van der Waals surface area contributed by atoms with E-state index in [0.717, 1.165) is 197 Å². The molecule has 10 N–H and O–H groups in total. The summed E-state index contributed by atoms with van der Waals surface area (Å²) in [6.07, 6.45) is 20.0. The summed E-state index contributed by atoms with van der Waals surface area (Å²) >= 11 is 5.49. The largest absolute Gasteiger partial charge is 0.508 e. The van der Waals surface area contributed by atoms with Crippen molar-refractivity contribution in [3.8, 4) is 11.5 Å². The Hall–Kier alpha value is -5.39. The highest BCUT2D eigenvalue weighted by molar-refractivity contribution is 7.92. The van der Waals surface area contributed by atoms with Crippen molar-refractivity contribution in [3.05, 3.63) is 177 Å². The third kappa shape index (κ3) is 30.4. The minimum absolute atomic E-state index is 0.0372. The third-order valence-corrected chi connectivity index (χ3v) is 23.6. The first kappa shape index (κ1) is 83.3. The van der Waals surface area contributed by atoms with Gasteiger partial charge in [0.25, 0.3) is 20.2 Å². The number of benzene rings is 6. The Morgan fingerprint density at radius 3 is 1.20 bits per heavy atom. The van der Waals surface area contributed by atoms with Crippen LogP contribution in [0.2, 0.25) is 5.02 Å². The molecule has 6 aromatic carbocycles. The van der Waals surface area contributed by atoms with Crippen molar-refractivity contribution in [2.24, 2.45) is 0 Å². The minimum Gasteiger partial charge on any atom is -0.508 e. The fourth-order valence-electron chi connectivity index (χ4n) is 11.4. The standard InChI is InChI=1S/2C30H45NO6S.C7H8O3S.C6H5ClO3S/c2*32-23-26-21-25(15-16-29(26)33)30(34)22-31-17-6-1-2-7-18-37-19-8-5-10-24-11-9-14-28(20-24)38(35,36)27-12-3-4-13-27;1-6-3-2-4-7(5-6)11(8,9)10;7-5-1-3-6(4-2-5)11(8,9)10/h2*9,11,14-16,20-21,27,30-34H,1-8,10,12-13,17-19,22-23H2;2-5H,1H3,(H,8,9,10);1-4H,(H,8,9,10)/t2*30-;;/m00../s1. The van der Waals surface area contributed by atoms with E-state index in [9.17, 15) is 64.3 Å². The molecule has 6 aromatic rings. The van der Waals surface area contributed by atoms with Crippen LogP contribution in [0.15, 0.2) is 153 Å². The van der Waals surface area contributed by atoms with Gasteiger partial charge in [0.1, 0.15) is 11.5 Å². The Labute approximate surface area is 586 Å². The van der Waals surface area contributed by atoms with Crippen LogP contribution in [-0.4, -0.2) is 137 Å². The first-order valence-electron chi connectivity index (χ1n) is 34.0. The zero-order valence-electron chi connectivity index (χ0n) is 56.3. The molecule has 0 unspecified atom stereocenters. The summed E-state index contributed by atoms with van der Waals surface area (Å²) < 4.78 is 122. The molecule has 0 aliphatic heterocycles. The first-order chi connectivity index (χ1) is 46.8. The van der Waals surface area contributed by atoms with Gasteiger partial charge in [0, 0.05) is 55.7 Å². The molecule has 0 amide bonds. The Morgan fingerprint density at radius 1 is 0.449 bits per heavy atom. The van der Waals surface area contributed by atoms with Crippen molar-refractivity contribution in [2.75, 3.05) is 52.6 Å². The lowest BCUT2D eigenvalue weighted by molar-refractivity contribution is 0.126. The number of hydrogen-bond acceptors (Lipinski definition) is 18. The van der Waals surface area contributed by atoms with Gasteiger partial charge in [0.2, 0.25) is 0 Å². The summed E-state index contributed by atoms with van der Waals surface area (Å²) in [6.45, 7) is 6.73. The lowest BCUT2D eigenvalue weighted by Crippen LogP contribution is -2.22. The van der Waals surface area contributed by atoms with E-state index in [1.807, 2.05) is 36.4 Å². The number of halogens is 1. The van der Waals surface area contributed by atoms with Crippen LogP contribution in [0.4, 0.5) is 0 Å². The van der Waals surface area contributed by atoms with Crippen LogP contribution in [0.5, 0.6) is 11.5 Å². The van der Waals surface area contributed by atoms with Gasteiger partial charge in [-0.1, -0.05) is 111 Å². The molecule has 0 radical (unpaired) electrons. The van der Waals surface area contributed by atoms with Crippen LogP contribution in [0.25, 0.3) is 0 Å². The van der Waals surface area contributed by atoms with Gasteiger partial charge in [-0.15, -0.1) is 0 Å². The predicted octanol–water partition coefficient (Wildman–Crippen LogP) is 12.5. The van der Waals surface area contributed by atoms with Crippen molar-refractivity contribution in [3.63, 3.8) is 0 Å². The number of hydrogen-bond donors (Lipinski definition) is 10. The van der Waals surface area contributed by atoms with Crippen molar-refractivity contribution < 1.29 is 82.9 Å². The van der Waals surface area contributed by atoms with Gasteiger partial charge >= 0.3 is 0 Å². The monoisotopic (exact) mass is 1460 g/mol. The molecule has 0 saturated heterocycles. The highest BCUT2D eigenvalue weighted by Gasteiger charge is 2.31. The molecule has 2 fully saturated rings. The van der Waals surface area contributed by atoms with E-state index in [-0.39, 0.29) is 45.0 Å². The van der Waals surface area contributed by atoms with Crippen LogP contribution < -0.4 is 10.6 Å². The fraction of sp³-hybridized carbons (Fsp3) is 0.507. The van der Waals surface area contributed by atoms with Crippen LogP contribution >= 0.6 is 11.6 Å². The number of phenols is 2. The van der Waals surface area contributed by atoms with Crippen LogP contribution in [0.3, 0.4) is 0 Å². The number of rotatable bonds is 38. The lowest BCUT2D eigenvalue weighted by Gasteiger charge is -2.14. The van der Waals surface area contributed by atoms with E-state index in [0.29, 0.717) is 50.2 Å². The normalized spacial score (nSPS) is 14.4. The molecule has 2 aliphatic carbocycles. The number of aryl methyl sites for hydroxylation is 3. The molecular weight excluding hydrogens is 1360 g/mol. The van der Waals surface area contributed by atoms with E-state index < -0.39 is 52.1 Å². The molecule has 20 nitrogen and oxygen atoms in total. The first-order valence-corrected chi connectivity index (χ1v) is 40.4. The highest BCUT2D eigenvalue weighted by Crippen LogP contribution is 2.32. The maximum atomic E-state index is 12.8. The average Bonchev–Trinajstić information content (AvgIpc) is 1.29. The zero-order valence-corrected chi connectivity index (χ0v) is 60.3. The van der Waals surface area contributed by atoms with Gasteiger partial charge in [-0.3, -0.25) is 9.11 Å². The van der Waals surface area contributed by atoms with E-state index in [4.69, 9.17) is 30.2 Å². The molecule has 544 valence electrons. The zero-order chi connectivity index (χ0) is 71.4. The maximum absolute atomic E-state index is 12.8. The molecule has 0 aromatic heterocycles. The van der Waals surface area contributed by atoms with Crippen molar-refractivity contribution in [1.82, 2.24) is 10.6 Å². The molecule has 0 bridgehead atoms. The number of unbranched alkanes of at least 4 members (excludes halogenated alkanes) is 8. The Kier molecular flexibility index (Phi) is 37.5. The van der Waals surface area contributed by atoms with Crippen molar-refractivity contribution in [1.29, 1.82) is 0 Å². The van der Waals surface area contributed by atoms with Gasteiger partial charge in [-0.05, 0) is 223 Å². The van der Waals surface area contributed by atoms with E-state index >= 15 is 0 Å². The number of aromatic hydroxyl groups is 2. The van der Waals surface area contributed by atoms with Crippen molar-refractivity contribution >= 4 is 51.5 Å². The number of sulfone groups is 2. The smallest absolute Gasteiger partial charge is 0.294 e. The molecule has 0 spiro atoms. The third-order valence-electron chi connectivity index (χ3n) is 17.1. The average molecular weight is 1460 g/mol. The molecule has 98 heavy (non-hydrogen) atoms. The SMILES string of the molecule is Cc1cccc(S(=O)(=O)O)c1.O=S(=O)(O)c1ccc(Cl)cc1.O=S(=O)(c1cccc(CCCCOCCCCCCNC[C@H](O)c2ccc(O)c(CO)c2)c1)C1CCCC1.O=S(=O)(c1cccc(CCCCOCCCCCCNC[C@H](O)c2ccc(O)c(CO)c2)c1)C1CCCC1. The number of nitrogens with one attached hydrogen (secondary N) is 2. The second-order valence-electron chi connectivity index (χ2n) is 24.9. The number of aliphatic hydroxyl groups is 4.